The maximum absolute atomic E-state index is 13.3. The number of amides is 1. The van der Waals surface area contributed by atoms with Crippen molar-refractivity contribution in [2.24, 2.45) is 0 Å². The third-order valence-corrected chi connectivity index (χ3v) is 6.64. The molecule has 9 nitrogen and oxygen atoms in total. The van der Waals surface area contributed by atoms with Crippen LogP contribution in [0.25, 0.3) is 10.9 Å². The topological polar surface area (TPSA) is 99.6 Å². The van der Waals surface area contributed by atoms with Gasteiger partial charge in [0, 0.05) is 36.7 Å². The molecule has 2 aliphatic heterocycles. The van der Waals surface area contributed by atoms with Crippen molar-refractivity contribution in [3.8, 4) is 5.88 Å². The molecule has 0 bridgehead atoms. The molecule has 164 valence electrons. The van der Waals surface area contributed by atoms with Crippen molar-refractivity contribution >= 4 is 16.8 Å². The molecule has 3 aromatic heterocycles. The first-order chi connectivity index (χ1) is 15.6. The third kappa shape index (κ3) is 3.11. The fraction of sp³-hybridized carbons (Fsp3) is 0.435. The van der Waals surface area contributed by atoms with E-state index in [0.29, 0.717) is 25.3 Å². The van der Waals surface area contributed by atoms with Gasteiger partial charge in [-0.2, -0.15) is 0 Å². The van der Waals surface area contributed by atoms with Crippen LogP contribution in [0.3, 0.4) is 0 Å². The van der Waals surface area contributed by atoms with E-state index in [9.17, 15) is 4.79 Å². The Morgan fingerprint density at radius 2 is 2.09 bits per heavy atom. The average molecular weight is 433 g/mol. The van der Waals surface area contributed by atoms with Gasteiger partial charge in [-0.3, -0.25) is 19.7 Å². The molecule has 2 saturated heterocycles. The number of pyridine rings is 2. The van der Waals surface area contributed by atoms with Gasteiger partial charge in [-0.25, -0.2) is 4.98 Å². The molecular formula is C23H23N5O4. The fourth-order valence-electron chi connectivity index (χ4n) is 5.00. The van der Waals surface area contributed by atoms with E-state index >= 15 is 0 Å². The summed E-state index contributed by atoms with van der Waals surface area (Å²) < 4.78 is 17.4. The normalized spacial score (nSPS) is 28.8. The van der Waals surface area contributed by atoms with Crippen LogP contribution in [0.15, 0.2) is 43.0 Å². The van der Waals surface area contributed by atoms with E-state index < -0.39 is 5.60 Å². The van der Waals surface area contributed by atoms with E-state index in [1.54, 1.807) is 31.9 Å². The van der Waals surface area contributed by atoms with E-state index in [2.05, 4.69) is 19.9 Å². The van der Waals surface area contributed by atoms with Gasteiger partial charge in [-0.1, -0.05) is 0 Å². The summed E-state index contributed by atoms with van der Waals surface area (Å²) in [6.07, 6.45) is 9.37. The Bertz CT molecular complexity index is 1170. The van der Waals surface area contributed by atoms with Crippen molar-refractivity contribution in [3.63, 3.8) is 0 Å². The minimum absolute atomic E-state index is 0.0274. The SMILES string of the molecule is COc1ccc2cc(COC3CC4(C3)OC3CC[C@@H](c5cnccn5)N3C4=O)ncc2n1. The van der Waals surface area contributed by atoms with Crippen LogP contribution in [-0.4, -0.2) is 55.8 Å². The first-order valence-electron chi connectivity index (χ1n) is 10.8. The lowest BCUT2D eigenvalue weighted by Gasteiger charge is -2.42. The van der Waals surface area contributed by atoms with Crippen LogP contribution >= 0.6 is 0 Å². The zero-order valence-electron chi connectivity index (χ0n) is 17.7. The van der Waals surface area contributed by atoms with Crippen molar-refractivity contribution in [2.75, 3.05) is 7.11 Å². The Hall–Kier alpha value is -3.17. The Kier molecular flexibility index (Phi) is 4.55. The predicted octanol–water partition coefficient (Wildman–Crippen LogP) is 2.57. The monoisotopic (exact) mass is 433 g/mol. The number of nitrogens with zero attached hydrogens (tertiary/aromatic N) is 5. The van der Waals surface area contributed by atoms with Gasteiger partial charge < -0.3 is 19.1 Å². The molecule has 3 aromatic rings. The van der Waals surface area contributed by atoms with Crippen molar-refractivity contribution in [1.82, 2.24) is 24.8 Å². The summed E-state index contributed by atoms with van der Waals surface area (Å²) in [5.74, 6) is 0.616. The zero-order valence-corrected chi connectivity index (χ0v) is 17.7. The summed E-state index contributed by atoms with van der Waals surface area (Å²) in [5.41, 5.74) is 1.67. The Labute approximate surface area is 184 Å². The Morgan fingerprint density at radius 3 is 2.91 bits per heavy atom. The number of methoxy groups -OCH3 is 1. The molecule has 1 amide bonds. The molecule has 2 atom stereocenters. The molecule has 0 N–H and O–H groups in total. The summed E-state index contributed by atoms with van der Waals surface area (Å²) >= 11 is 0. The van der Waals surface area contributed by atoms with Crippen molar-refractivity contribution < 1.29 is 19.0 Å². The quantitative estimate of drug-likeness (QED) is 0.605. The van der Waals surface area contributed by atoms with Gasteiger partial charge in [0.25, 0.3) is 5.91 Å². The molecular weight excluding hydrogens is 410 g/mol. The van der Waals surface area contributed by atoms with Crippen LogP contribution in [0, 0.1) is 0 Å². The first kappa shape index (κ1) is 19.5. The maximum Gasteiger partial charge on any atom is 0.257 e. The molecule has 1 saturated carbocycles. The zero-order chi connectivity index (χ0) is 21.7. The van der Waals surface area contributed by atoms with Gasteiger partial charge in [0.2, 0.25) is 5.88 Å². The maximum atomic E-state index is 13.3. The minimum atomic E-state index is -0.756. The van der Waals surface area contributed by atoms with E-state index in [1.165, 1.54) is 0 Å². The lowest BCUT2D eigenvalue weighted by atomic mass is 9.76. The summed E-state index contributed by atoms with van der Waals surface area (Å²) in [6, 6.07) is 5.69. The highest BCUT2D eigenvalue weighted by molar-refractivity contribution is 5.89. The van der Waals surface area contributed by atoms with Gasteiger partial charge >= 0.3 is 0 Å². The van der Waals surface area contributed by atoms with Crippen LogP contribution in [0.2, 0.25) is 0 Å². The summed E-state index contributed by atoms with van der Waals surface area (Å²) in [6.45, 7) is 0.381. The van der Waals surface area contributed by atoms with Crippen molar-refractivity contribution in [1.29, 1.82) is 0 Å². The highest BCUT2D eigenvalue weighted by Gasteiger charge is 2.63. The van der Waals surface area contributed by atoms with Gasteiger partial charge in [-0.15, -0.1) is 0 Å². The molecule has 5 heterocycles. The van der Waals surface area contributed by atoms with Gasteiger partial charge in [0.05, 0.1) is 55.2 Å². The summed E-state index contributed by atoms with van der Waals surface area (Å²) in [5, 5.41) is 0.981. The lowest BCUT2D eigenvalue weighted by Crippen LogP contribution is -2.54. The van der Waals surface area contributed by atoms with Crippen molar-refractivity contribution in [3.05, 3.63) is 54.4 Å². The van der Waals surface area contributed by atoms with E-state index in [-0.39, 0.29) is 24.3 Å². The molecule has 32 heavy (non-hydrogen) atoms. The molecule has 9 heteroatoms. The largest absolute Gasteiger partial charge is 0.481 e. The van der Waals surface area contributed by atoms with Gasteiger partial charge in [-0.05, 0) is 25.0 Å². The average Bonchev–Trinajstić information content (AvgIpc) is 3.35. The predicted molar refractivity (Wildman–Crippen MR) is 112 cm³/mol. The van der Waals surface area contributed by atoms with Crippen LogP contribution in [0.4, 0.5) is 0 Å². The van der Waals surface area contributed by atoms with Crippen LogP contribution in [0.5, 0.6) is 5.88 Å². The second-order valence-corrected chi connectivity index (χ2v) is 8.57. The highest BCUT2D eigenvalue weighted by atomic mass is 16.6. The lowest BCUT2D eigenvalue weighted by molar-refractivity contribution is -0.177. The molecule has 3 fully saturated rings. The smallest absolute Gasteiger partial charge is 0.257 e. The number of hydrogen-bond donors (Lipinski definition) is 0. The summed E-state index contributed by atoms with van der Waals surface area (Å²) in [4.78, 5) is 32.5. The molecule has 0 radical (unpaired) electrons. The van der Waals surface area contributed by atoms with Crippen LogP contribution < -0.4 is 4.74 Å². The molecule has 3 aliphatic rings. The standard InChI is InChI=1S/C23H23N5O4/c1-30-20-4-2-14-8-15(26-12-17(14)27-20)13-31-16-9-23(10-16)22(29)28-19(3-5-21(28)32-23)18-11-24-6-7-25-18/h2,4,6-8,11-12,16,19,21H,3,5,9-10,13H2,1H3/t16?,19-,21?,23?/m0/s1. The highest BCUT2D eigenvalue weighted by Crippen LogP contribution is 2.51. The van der Waals surface area contributed by atoms with E-state index in [0.717, 1.165) is 35.1 Å². The molecule has 6 rings (SSSR count). The molecule has 1 aliphatic carbocycles. The number of hydrogen-bond acceptors (Lipinski definition) is 8. The second kappa shape index (κ2) is 7.46. The van der Waals surface area contributed by atoms with Crippen molar-refractivity contribution in [2.45, 2.75) is 56.3 Å². The first-order valence-corrected chi connectivity index (χ1v) is 10.8. The molecule has 0 aromatic carbocycles. The number of aromatic nitrogens is 4. The minimum Gasteiger partial charge on any atom is -0.481 e. The number of fused-ring (bicyclic) bond motifs is 2. The van der Waals surface area contributed by atoms with Gasteiger partial charge in [0.15, 0.2) is 5.60 Å². The van der Waals surface area contributed by atoms with Crippen LogP contribution in [-0.2, 0) is 20.9 Å². The number of ether oxygens (including phenoxy) is 3. The Balaban J connectivity index is 1.09. The van der Waals surface area contributed by atoms with E-state index in [1.807, 2.05) is 23.1 Å². The second-order valence-electron chi connectivity index (χ2n) is 8.57. The number of carbonyl (C=O) groups excluding carboxylic acids is 1. The van der Waals surface area contributed by atoms with Gasteiger partial charge in [0.1, 0.15) is 6.23 Å². The van der Waals surface area contributed by atoms with E-state index in [4.69, 9.17) is 14.2 Å². The number of rotatable bonds is 5. The van der Waals surface area contributed by atoms with Crippen LogP contribution in [0.1, 0.15) is 43.1 Å². The Morgan fingerprint density at radius 1 is 1.19 bits per heavy atom. The number of carbonyl (C=O) groups is 1. The molecule has 1 spiro atoms. The fourth-order valence-corrected chi connectivity index (χ4v) is 5.00. The molecule has 1 unspecified atom stereocenters. The third-order valence-electron chi connectivity index (χ3n) is 6.64. The summed E-state index contributed by atoms with van der Waals surface area (Å²) in [7, 11) is 1.59.